The lowest BCUT2D eigenvalue weighted by Gasteiger charge is -2.16. The number of hydrogen-bond acceptors (Lipinski definition) is 3. The first-order chi connectivity index (χ1) is 16.3. The van der Waals surface area contributed by atoms with E-state index in [4.69, 9.17) is 5.11 Å². The van der Waals surface area contributed by atoms with Crippen LogP contribution in [0.5, 0.6) is 0 Å². The largest absolute Gasteiger partial charge is 0.396 e. The third-order valence-corrected chi connectivity index (χ3v) is 7.61. The van der Waals surface area contributed by atoms with Gasteiger partial charge in [0.1, 0.15) is 0 Å². The molecule has 2 N–H and O–H groups in total. The third kappa shape index (κ3) is 3.26. The Kier molecular flexibility index (Phi) is 4.97. The third-order valence-electron chi connectivity index (χ3n) is 6.49. The van der Waals surface area contributed by atoms with Gasteiger partial charge in [-0.05, 0) is 73.6 Å². The van der Waals surface area contributed by atoms with Crippen molar-refractivity contribution < 1.29 is 9.90 Å². The van der Waals surface area contributed by atoms with Crippen molar-refractivity contribution in [2.45, 2.75) is 12.8 Å². The monoisotopic (exact) mass is 449 g/mol. The highest BCUT2D eigenvalue weighted by Crippen LogP contribution is 2.43. The molecule has 4 heteroatoms. The summed E-state index contributed by atoms with van der Waals surface area (Å²) in [5.74, 6) is -0.0486. The molecule has 0 radical (unpaired) electrons. The number of thiophene rings is 1. The molecule has 0 fully saturated rings. The summed E-state index contributed by atoms with van der Waals surface area (Å²) < 4.78 is 0. The van der Waals surface area contributed by atoms with Gasteiger partial charge in [-0.1, -0.05) is 66.7 Å². The van der Waals surface area contributed by atoms with E-state index in [-0.39, 0.29) is 12.5 Å². The molecule has 0 saturated heterocycles. The van der Waals surface area contributed by atoms with E-state index < -0.39 is 0 Å². The zero-order chi connectivity index (χ0) is 22.4. The van der Waals surface area contributed by atoms with Gasteiger partial charge in [0.15, 0.2) is 0 Å². The van der Waals surface area contributed by atoms with Crippen LogP contribution in [0.1, 0.15) is 22.5 Å². The maximum absolute atomic E-state index is 12.6. The highest BCUT2D eigenvalue weighted by atomic mass is 32.1. The molecule has 0 spiro atoms. The van der Waals surface area contributed by atoms with Crippen molar-refractivity contribution in [2.75, 3.05) is 13.2 Å². The number of benzene rings is 5. The zero-order valence-corrected chi connectivity index (χ0v) is 18.9. The smallest absolute Gasteiger partial charge is 0.261 e. The van der Waals surface area contributed by atoms with Gasteiger partial charge in [-0.25, -0.2) is 0 Å². The molecule has 0 aliphatic heterocycles. The number of nitrogens with one attached hydrogen (secondary N) is 1. The Bertz CT molecular complexity index is 1580. The number of amides is 1. The van der Waals surface area contributed by atoms with Crippen LogP contribution in [-0.2, 0) is 0 Å². The van der Waals surface area contributed by atoms with Crippen LogP contribution in [0.3, 0.4) is 0 Å². The van der Waals surface area contributed by atoms with Crippen molar-refractivity contribution in [2.24, 2.45) is 0 Å². The van der Waals surface area contributed by atoms with Crippen LogP contribution in [0.2, 0.25) is 0 Å². The molecule has 0 bridgehead atoms. The molecule has 1 heterocycles. The second kappa shape index (κ2) is 8.14. The van der Waals surface area contributed by atoms with E-state index in [9.17, 15) is 4.79 Å². The van der Waals surface area contributed by atoms with Crippen molar-refractivity contribution in [3.8, 4) is 10.4 Å². The van der Waals surface area contributed by atoms with Crippen LogP contribution in [0.25, 0.3) is 53.5 Å². The number of fused-ring (bicyclic) bond motifs is 2. The fraction of sp³-hybridized carbons (Fsp3) is 0.138. The standard InChI is InChI=1S/C29H23NO2S/c31-17-2-1-16-30-29(32)26-15-14-25(33-26)19-12-13-24-22-9-4-7-18-6-3-8-21(27(18)22)23-11-5-10-20(19)28(23)24/h3-15,31H,1-2,16-17H2,(H,30,32). The summed E-state index contributed by atoms with van der Waals surface area (Å²) in [6.07, 6.45) is 1.48. The average Bonchev–Trinajstić information content (AvgIpc) is 3.35. The quantitative estimate of drug-likeness (QED) is 0.164. The Balaban J connectivity index is 1.50. The van der Waals surface area contributed by atoms with E-state index >= 15 is 0 Å². The van der Waals surface area contributed by atoms with Gasteiger partial charge >= 0.3 is 0 Å². The lowest BCUT2D eigenvalue weighted by Crippen LogP contribution is -2.23. The van der Waals surface area contributed by atoms with Crippen LogP contribution < -0.4 is 5.32 Å². The van der Waals surface area contributed by atoms with Crippen LogP contribution in [0.15, 0.2) is 78.9 Å². The minimum Gasteiger partial charge on any atom is -0.396 e. The molecule has 6 aromatic rings. The molecule has 1 amide bonds. The zero-order valence-electron chi connectivity index (χ0n) is 18.1. The number of hydrogen-bond donors (Lipinski definition) is 2. The molecule has 6 rings (SSSR count). The van der Waals surface area contributed by atoms with Gasteiger partial charge < -0.3 is 10.4 Å². The number of rotatable bonds is 6. The highest BCUT2D eigenvalue weighted by molar-refractivity contribution is 7.17. The van der Waals surface area contributed by atoms with Crippen molar-refractivity contribution in [1.82, 2.24) is 5.32 Å². The number of aliphatic hydroxyl groups is 1. The van der Waals surface area contributed by atoms with E-state index in [0.717, 1.165) is 16.9 Å². The van der Waals surface area contributed by atoms with Crippen LogP contribution in [0.4, 0.5) is 0 Å². The Labute approximate surface area is 195 Å². The van der Waals surface area contributed by atoms with Crippen LogP contribution >= 0.6 is 11.3 Å². The van der Waals surface area contributed by atoms with Gasteiger partial charge in [-0.2, -0.15) is 0 Å². The molecule has 5 aromatic carbocycles. The van der Waals surface area contributed by atoms with Gasteiger partial charge in [0.25, 0.3) is 5.91 Å². The van der Waals surface area contributed by atoms with Gasteiger partial charge in [0.05, 0.1) is 4.88 Å². The average molecular weight is 450 g/mol. The first-order valence-corrected chi connectivity index (χ1v) is 12.2. The van der Waals surface area contributed by atoms with Gasteiger partial charge in [-0.15, -0.1) is 11.3 Å². The van der Waals surface area contributed by atoms with Crippen molar-refractivity contribution in [1.29, 1.82) is 0 Å². The first kappa shape index (κ1) is 20.2. The Morgan fingerprint density at radius 3 is 2.15 bits per heavy atom. The number of carbonyl (C=O) groups excluding carboxylic acids is 1. The number of carbonyl (C=O) groups is 1. The second-order valence-corrected chi connectivity index (χ2v) is 9.53. The number of aliphatic hydroxyl groups excluding tert-OH is 1. The fourth-order valence-electron chi connectivity index (χ4n) is 4.99. The molecule has 33 heavy (non-hydrogen) atoms. The highest BCUT2D eigenvalue weighted by Gasteiger charge is 2.16. The summed E-state index contributed by atoms with van der Waals surface area (Å²) in [5.41, 5.74) is 1.16. The Morgan fingerprint density at radius 2 is 1.39 bits per heavy atom. The molecule has 3 nitrogen and oxygen atoms in total. The summed E-state index contributed by atoms with van der Waals surface area (Å²) >= 11 is 1.53. The van der Waals surface area contributed by atoms with Gasteiger partial charge in [0, 0.05) is 18.0 Å². The predicted octanol–water partition coefficient (Wildman–Crippen LogP) is 6.97. The molecular formula is C29H23NO2S. The fourth-order valence-corrected chi connectivity index (χ4v) is 5.95. The summed E-state index contributed by atoms with van der Waals surface area (Å²) in [5, 5.41) is 22.1. The molecule has 0 atom stereocenters. The lowest BCUT2D eigenvalue weighted by atomic mass is 9.88. The van der Waals surface area contributed by atoms with Crippen LogP contribution in [-0.4, -0.2) is 24.2 Å². The first-order valence-electron chi connectivity index (χ1n) is 11.3. The summed E-state index contributed by atoms with van der Waals surface area (Å²) in [6, 6.07) is 28.0. The van der Waals surface area contributed by atoms with Crippen molar-refractivity contribution >= 4 is 60.3 Å². The molecule has 0 unspecified atom stereocenters. The van der Waals surface area contributed by atoms with E-state index in [1.165, 1.54) is 54.4 Å². The minimum atomic E-state index is -0.0486. The molecule has 0 saturated carbocycles. The Hall–Kier alpha value is -3.47. The molecule has 0 aliphatic carbocycles. The maximum Gasteiger partial charge on any atom is 0.261 e. The predicted molar refractivity (Wildman–Crippen MR) is 140 cm³/mol. The Morgan fingerprint density at radius 1 is 0.727 bits per heavy atom. The van der Waals surface area contributed by atoms with E-state index in [1.807, 2.05) is 6.07 Å². The van der Waals surface area contributed by atoms with E-state index in [0.29, 0.717) is 17.8 Å². The molecule has 162 valence electrons. The number of unbranched alkanes of at least 4 members (excludes halogenated alkanes) is 1. The summed E-state index contributed by atoms with van der Waals surface area (Å²) in [6.45, 7) is 0.738. The second-order valence-electron chi connectivity index (χ2n) is 8.45. The van der Waals surface area contributed by atoms with Crippen molar-refractivity contribution in [3.63, 3.8) is 0 Å². The van der Waals surface area contributed by atoms with Crippen molar-refractivity contribution in [3.05, 3.63) is 83.7 Å². The normalized spacial score (nSPS) is 11.8. The maximum atomic E-state index is 12.6. The topological polar surface area (TPSA) is 49.3 Å². The molecular weight excluding hydrogens is 426 g/mol. The summed E-state index contributed by atoms with van der Waals surface area (Å²) in [4.78, 5) is 14.4. The lowest BCUT2D eigenvalue weighted by molar-refractivity contribution is 0.0956. The summed E-state index contributed by atoms with van der Waals surface area (Å²) in [7, 11) is 0. The molecule has 0 aliphatic rings. The van der Waals surface area contributed by atoms with E-state index in [1.54, 1.807) is 0 Å². The van der Waals surface area contributed by atoms with E-state index in [2.05, 4.69) is 78.1 Å². The minimum absolute atomic E-state index is 0.0486. The van der Waals surface area contributed by atoms with Crippen LogP contribution in [0, 0.1) is 0 Å². The SMILES string of the molecule is O=C(NCCCCO)c1ccc(-c2ccc3c4cccc5cccc(c6cccc2c63)c54)s1. The van der Waals surface area contributed by atoms with Gasteiger partial charge in [-0.3, -0.25) is 4.79 Å². The molecule has 1 aromatic heterocycles. The van der Waals surface area contributed by atoms with Gasteiger partial charge in [0.2, 0.25) is 0 Å².